The number of guanidine groups is 1. The number of hydrogen-bond acceptors (Lipinski definition) is 4. The number of rotatable bonds is 8. The first kappa shape index (κ1) is 19.9. The van der Waals surface area contributed by atoms with Crippen LogP contribution in [0.15, 0.2) is 35.3 Å². The molecule has 0 bridgehead atoms. The Kier molecular flexibility index (Phi) is 8.08. The fraction of sp³-hybridized carbons (Fsp3) is 0.421. The van der Waals surface area contributed by atoms with Gasteiger partial charge < -0.3 is 16.0 Å². The number of nitrogens with zero attached hydrogens (tertiary/aromatic N) is 2. The maximum Gasteiger partial charge on any atom is 0.222 e. The van der Waals surface area contributed by atoms with Gasteiger partial charge in [-0.1, -0.05) is 30.3 Å². The van der Waals surface area contributed by atoms with Crippen molar-refractivity contribution < 1.29 is 4.79 Å². The molecule has 1 heterocycles. The first-order chi connectivity index (χ1) is 12.6. The number of hydrogen-bond donors (Lipinski definition) is 3. The van der Waals surface area contributed by atoms with Crippen LogP contribution in [0.2, 0.25) is 0 Å². The van der Waals surface area contributed by atoms with Gasteiger partial charge in [0.1, 0.15) is 5.01 Å². The van der Waals surface area contributed by atoms with Gasteiger partial charge in [0.05, 0.1) is 12.2 Å². The van der Waals surface area contributed by atoms with Gasteiger partial charge in [0.2, 0.25) is 5.91 Å². The fourth-order valence-corrected chi connectivity index (χ4v) is 3.13. The van der Waals surface area contributed by atoms with Gasteiger partial charge in [0.15, 0.2) is 5.96 Å². The van der Waals surface area contributed by atoms with Crippen LogP contribution in [0.4, 0.5) is 0 Å². The standard InChI is InChI=1S/C19H27N5OS/c1-4-20-19(23-13-18-24-14(2)15(3)26-18)21-11-10-17(25)22-12-16-8-6-5-7-9-16/h5-9H,4,10-13H2,1-3H3,(H,22,25)(H2,20,21,23). The lowest BCUT2D eigenvalue weighted by atomic mass is 10.2. The van der Waals surface area contributed by atoms with Crippen LogP contribution in [0, 0.1) is 13.8 Å². The second-order valence-electron chi connectivity index (χ2n) is 5.88. The van der Waals surface area contributed by atoms with Crippen LogP contribution in [0.1, 0.15) is 34.5 Å². The smallest absolute Gasteiger partial charge is 0.222 e. The molecule has 3 N–H and O–H groups in total. The number of benzene rings is 1. The summed E-state index contributed by atoms with van der Waals surface area (Å²) in [7, 11) is 0. The first-order valence-electron chi connectivity index (χ1n) is 8.84. The minimum atomic E-state index is 0.0170. The van der Waals surface area contributed by atoms with Crippen molar-refractivity contribution in [3.63, 3.8) is 0 Å². The maximum absolute atomic E-state index is 12.0. The maximum atomic E-state index is 12.0. The summed E-state index contributed by atoms with van der Waals surface area (Å²) in [6.07, 6.45) is 0.396. The van der Waals surface area contributed by atoms with E-state index >= 15 is 0 Å². The highest BCUT2D eigenvalue weighted by Gasteiger charge is 2.05. The summed E-state index contributed by atoms with van der Waals surface area (Å²) >= 11 is 1.67. The van der Waals surface area contributed by atoms with Crippen LogP contribution >= 0.6 is 11.3 Å². The molecule has 26 heavy (non-hydrogen) atoms. The van der Waals surface area contributed by atoms with Crippen LogP contribution in [-0.4, -0.2) is 29.9 Å². The van der Waals surface area contributed by atoms with Crippen molar-refractivity contribution in [3.05, 3.63) is 51.5 Å². The van der Waals surface area contributed by atoms with E-state index in [1.165, 1.54) is 4.88 Å². The SMILES string of the molecule is CCNC(=NCc1nc(C)c(C)s1)NCCC(=O)NCc1ccccc1. The van der Waals surface area contributed by atoms with Gasteiger partial charge in [0, 0.05) is 30.9 Å². The van der Waals surface area contributed by atoms with Gasteiger partial charge >= 0.3 is 0 Å². The van der Waals surface area contributed by atoms with E-state index in [4.69, 9.17) is 0 Å². The molecular formula is C19H27N5OS. The normalized spacial score (nSPS) is 11.3. The topological polar surface area (TPSA) is 78.4 Å². The van der Waals surface area contributed by atoms with Crippen molar-refractivity contribution in [2.24, 2.45) is 4.99 Å². The summed E-state index contributed by atoms with van der Waals surface area (Å²) in [5.41, 5.74) is 2.16. The van der Waals surface area contributed by atoms with Gasteiger partial charge in [-0.3, -0.25) is 4.79 Å². The van der Waals surface area contributed by atoms with Gasteiger partial charge in [-0.25, -0.2) is 9.98 Å². The average molecular weight is 374 g/mol. The quantitative estimate of drug-likeness (QED) is 0.491. The predicted octanol–water partition coefficient (Wildman–Crippen LogP) is 2.52. The molecule has 7 heteroatoms. The molecule has 0 atom stereocenters. The van der Waals surface area contributed by atoms with E-state index in [1.54, 1.807) is 11.3 Å². The van der Waals surface area contributed by atoms with Crippen molar-refractivity contribution in [2.45, 2.75) is 40.3 Å². The van der Waals surface area contributed by atoms with Crippen LogP contribution in [-0.2, 0) is 17.9 Å². The third-order valence-electron chi connectivity index (χ3n) is 3.77. The summed E-state index contributed by atoms with van der Waals surface area (Å²) < 4.78 is 0. The Morgan fingerprint density at radius 2 is 1.92 bits per heavy atom. The molecule has 0 radical (unpaired) electrons. The molecule has 0 fully saturated rings. The largest absolute Gasteiger partial charge is 0.357 e. The van der Waals surface area contributed by atoms with Crippen molar-refractivity contribution in [1.29, 1.82) is 0 Å². The average Bonchev–Trinajstić information content (AvgIpc) is 2.96. The minimum absolute atomic E-state index is 0.0170. The predicted molar refractivity (Wildman–Crippen MR) is 107 cm³/mol. The van der Waals surface area contributed by atoms with Crippen molar-refractivity contribution in [1.82, 2.24) is 20.9 Å². The number of aromatic nitrogens is 1. The summed E-state index contributed by atoms with van der Waals surface area (Å²) in [6.45, 7) is 8.48. The number of carbonyl (C=O) groups is 1. The van der Waals surface area contributed by atoms with E-state index in [0.717, 1.165) is 22.8 Å². The zero-order valence-corrected chi connectivity index (χ0v) is 16.4. The van der Waals surface area contributed by atoms with Crippen LogP contribution < -0.4 is 16.0 Å². The molecule has 0 saturated carbocycles. The lowest BCUT2D eigenvalue weighted by molar-refractivity contribution is -0.121. The summed E-state index contributed by atoms with van der Waals surface area (Å²) in [4.78, 5) is 22.2. The fourth-order valence-electron chi connectivity index (χ4n) is 2.27. The Hall–Kier alpha value is -2.41. The van der Waals surface area contributed by atoms with E-state index < -0.39 is 0 Å². The molecule has 6 nitrogen and oxygen atoms in total. The van der Waals surface area contributed by atoms with Crippen LogP contribution in [0.5, 0.6) is 0 Å². The molecule has 0 spiro atoms. The third kappa shape index (κ3) is 6.84. The van der Waals surface area contributed by atoms with E-state index in [1.807, 2.05) is 44.2 Å². The molecule has 0 saturated heterocycles. The van der Waals surface area contributed by atoms with Crippen molar-refractivity contribution in [3.8, 4) is 0 Å². The van der Waals surface area contributed by atoms with Crippen molar-refractivity contribution >= 4 is 23.2 Å². The molecule has 1 amide bonds. The number of nitrogens with one attached hydrogen (secondary N) is 3. The number of aliphatic imine (C=N–C) groups is 1. The van der Waals surface area contributed by atoms with Crippen molar-refractivity contribution in [2.75, 3.05) is 13.1 Å². The first-order valence-corrected chi connectivity index (χ1v) is 9.66. The minimum Gasteiger partial charge on any atom is -0.357 e. The second kappa shape index (κ2) is 10.6. The van der Waals surface area contributed by atoms with Gasteiger partial charge in [-0.05, 0) is 26.3 Å². The molecule has 0 aliphatic carbocycles. The number of amides is 1. The molecule has 2 aromatic rings. The highest BCUT2D eigenvalue weighted by atomic mass is 32.1. The molecule has 140 valence electrons. The molecule has 1 aromatic heterocycles. The second-order valence-corrected chi connectivity index (χ2v) is 7.17. The number of thiazole rings is 1. The van der Waals surface area contributed by atoms with E-state index in [-0.39, 0.29) is 5.91 Å². The number of carbonyl (C=O) groups excluding carboxylic acids is 1. The highest BCUT2D eigenvalue weighted by Crippen LogP contribution is 2.16. The molecule has 1 aromatic carbocycles. The summed E-state index contributed by atoms with van der Waals surface area (Å²) in [6, 6.07) is 9.89. The van der Waals surface area contributed by atoms with Gasteiger partial charge in [-0.2, -0.15) is 0 Å². The highest BCUT2D eigenvalue weighted by molar-refractivity contribution is 7.11. The Labute approximate surface area is 159 Å². The van der Waals surface area contributed by atoms with Gasteiger partial charge in [-0.15, -0.1) is 11.3 Å². The molecule has 0 aliphatic heterocycles. The zero-order chi connectivity index (χ0) is 18.8. The molecule has 2 rings (SSSR count). The Morgan fingerprint density at radius 1 is 1.15 bits per heavy atom. The number of aryl methyl sites for hydroxylation is 2. The summed E-state index contributed by atoms with van der Waals surface area (Å²) in [5.74, 6) is 0.720. The Morgan fingerprint density at radius 3 is 2.58 bits per heavy atom. The third-order valence-corrected chi connectivity index (χ3v) is 4.82. The lowest BCUT2D eigenvalue weighted by Gasteiger charge is -2.11. The van der Waals surface area contributed by atoms with Crippen LogP contribution in [0.25, 0.3) is 0 Å². The molecular weight excluding hydrogens is 346 g/mol. The van der Waals surface area contributed by atoms with E-state index in [0.29, 0.717) is 32.0 Å². The van der Waals surface area contributed by atoms with E-state index in [9.17, 15) is 4.79 Å². The Balaban J connectivity index is 1.74. The summed E-state index contributed by atoms with van der Waals surface area (Å²) in [5, 5.41) is 10.3. The van der Waals surface area contributed by atoms with Crippen LogP contribution in [0.3, 0.4) is 0 Å². The zero-order valence-electron chi connectivity index (χ0n) is 15.6. The van der Waals surface area contributed by atoms with E-state index in [2.05, 4.69) is 32.9 Å². The van der Waals surface area contributed by atoms with Gasteiger partial charge in [0.25, 0.3) is 0 Å². The molecule has 0 aliphatic rings. The monoisotopic (exact) mass is 373 g/mol. The molecule has 0 unspecified atom stereocenters. The Bertz CT molecular complexity index is 707. The lowest BCUT2D eigenvalue weighted by Crippen LogP contribution is -2.39.